The quantitative estimate of drug-likeness (QED) is 0.779. The predicted octanol–water partition coefficient (Wildman–Crippen LogP) is 3.35. The van der Waals surface area contributed by atoms with Crippen LogP contribution >= 0.6 is 0 Å². The summed E-state index contributed by atoms with van der Waals surface area (Å²) in [6.07, 6.45) is 0. The molecule has 0 spiro atoms. The normalized spacial score (nSPS) is 14.1. The highest BCUT2D eigenvalue weighted by atomic mass is 16.5. The summed E-state index contributed by atoms with van der Waals surface area (Å²) in [5.41, 5.74) is 8.54. The Labute approximate surface area is 151 Å². The number of hydrogen-bond acceptors (Lipinski definition) is 5. The molecule has 0 unspecified atom stereocenters. The van der Waals surface area contributed by atoms with Gasteiger partial charge in [-0.15, -0.1) is 0 Å². The standard InChI is InChI=1S/C20H21N3O3/c1-20(2,17-9-15-16(26-17)6-7-18(21)22-15)11-23-10-12-4-5-13(25-3)8-14(12)19(23)24/h4-9H,10-11H2,1-3H3,(H2,21,22). The van der Waals surface area contributed by atoms with Gasteiger partial charge in [0.05, 0.1) is 7.11 Å². The Morgan fingerprint density at radius 2 is 2.08 bits per heavy atom. The average molecular weight is 351 g/mol. The van der Waals surface area contributed by atoms with Crippen LogP contribution in [0.1, 0.15) is 35.5 Å². The number of carbonyl (C=O) groups excluding carboxylic acids is 1. The predicted molar refractivity (Wildman–Crippen MR) is 99.2 cm³/mol. The number of aromatic nitrogens is 1. The number of pyridine rings is 1. The topological polar surface area (TPSA) is 81.6 Å². The minimum absolute atomic E-state index is 0.0189. The molecule has 2 aromatic heterocycles. The van der Waals surface area contributed by atoms with Crippen LogP contribution in [0, 0.1) is 0 Å². The van der Waals surface area contributed by atoms with Gasteiger partial charge in [-0.2, -0.15) is 0 Å². The van der Waals surface area contributed by atoms with E-state index in [1.165, 1.54) is 0 Å². The first-order valence-electron chi connectivity index (χ1n) is 8.50. The van der Waals surface area contributed by atoms with Crippen molar-refractivity contribution in [3.8, 4) is 5.75 Å². The van der Waals surface area contributed by atoms with Gasteiger partial charge in [0.15, 0.2) is 5.58 Å². The summed E-state index contributed by atoms with van der Waals surface area (Å²) < 4.78 is 11.2. The number of hydrogen-bond donors (Lipinski definition) is 1. The number of benzene rings is 1. The van der Waals surface area contributed by atoms with Gasteiger partial charge in [0.2, 0.25) is 0 Å². The van der Waals surface area contributed by atoms with E-state index in [4.69, 9.17) is 14.9 Å². The third kappa shape index (κ3) is 2.67. The molecule has 0 radical (unpaired) electrons. The first-order valence-corrected chi connectivity index (χ1v) is 8.50. The Balaban J connectivity index is 1.60. The molecule has 26 heavy (non-hydrogen) atoms. The Morgan fingerprint density at radius 1 is 1.27 bits per heavy atom. The minimum atomic E-state index is -0.364. The van der Waals surface area contributed by atoms with E-state index in [-0.39, 0.29) is 11.3 Å². The van der Waals surface area contributed by atoms with Crippen LogP contribution in [0.25, 0.3) is 11.1 Å². The van der Waals surface area contributed by atoms with Crippen LogP contribution in [0.4, 0.5) is 5.82 Å². The van der Waals surface area contributed by atoms with Gasteiger partial charge in [-0.3, -0.25) is 4.79 Å². The van der Waals surface area contributed by atoms with Gasteiger partial charge in [-0.25, -0.2) is 4.98 Å². The van der Waals surface area contributed by atoms with E-state index in [0.717, 1.165) is 16.8 Å². The molecule has 0 fully saturated rings. The van der Waals surface area contributed by atoms with Crippen LogP contribution in [0.15, 0.2) is 40.8 Å². The van der Waals surface area contributed by atoms with Crippen LogP contribution in [-0.4, -0.2) is 29.4 Å². The summed E-state index contributed by atoms with van der Waals surface area (Å²) in [4.78, 5) is 18.9. The summed E-state index contributed by atoms with van der Waals surface area (Å²) >= 11 is 0. The zero-order valence-corrected chi connectivity index (χ0v) is 15.1. The molecule has 0 saturated carbocycles. The molecule has 1 aliphatic heterocycles. The van der Waals surface area contributed by atoms with Gasteiger partial charge in [0.25, 0.3) is 5.91 Å². The van der Waals surface area contributed by atoms with E-state index in [1.54, 1.807) is 19.2 Å². The SMILES string of the molecule is COc1ccc2c(c1)C(=O)N(CC(C)(C)c1cc3nc(N)ccc3o1)C2. The molecule has 0 bridgehead atoms. The maximum atomic E-state index is 12.8. The fourth-order valence-electron chi connectivity index (χ4n) is 3.42. The number of carbonyl (C=O) groups is 1. The first-order chi connectivity index (χ1) is 12.4. The molecule has 134 valence electrons. The molecule has 6 nitrogen and oxygen atoms in total. The number of nitrogen functional groups attached to an aromatic ring is 1. The van der Waals surface area contributed by atoms with Gasteiger partial charge in [-0.05, 0) is 29.8 Å². The van der Waals surface area contributed by atoms with Gasteiger partial charge < -0.3 is 19.8 Å². The van der Waals surface area contributed by atoms with Crippen LogP contribution < -0.4 is 10.5 Å². The van der Waals surface area contributed by atoms with Crippen LogP contribution in [-0.2, 0) is 12.0 Å². The first kappa shape index (κ1) is 16.4. The Kier molecular flexibility index (Phi) is 3.64. The molecule has 3 aromatic rings. The second kappa shape index (κ2) is 5.76. The number of fused-ring (bicyclic) bond motifs is 2. The number of nitrogens with two attached hydrogens (primary N) is 1. The molecule has 0 saturated heterocycles. The molecule has 1 aliphatic rings. The molecule has 2 N–H and O–H groups in total. The summed E-state index contributed by atoms with van der Waals surface area (Å²) in [5.74, 6) is 1.96. The van der Waals surface area contributed by atoms with Crippen molar-refractivity contribution in [1.29, 1.82) is 0 Å². The van der Waals surface area contributed by atoms with E-state index in [1.807, 2.05) is 29.2 Å². The molecular formula is C20H21N3O3. The number of rotatable bonds is 4. The van der Waals surface area contributed by atoms with Gasteiger partial charge in [0.1, 0.15) is 22.8 Å². The van der Waals surface area contributed by atoms with Crippen molar-refractivity contribution in [2.75, 3.05) is 19.4 Å². The van der Waals surface area contributed by atoms with Crippen LogP contribution in [0.5, 0.6) is 5.75 Å². The third-order valence-corrected chi connectivity index (χ3v) is 4.84. The van der Waals surface area contributed by atoms with Crippen molar-refractivity contribution in [3.63, 3.8) is 0 Å². The zero-order chi connectivity index (χ0) is 18.5. The highest BCUT2D eigenvalue weighted by Crippen LogP contribution is 2.33. The molecule has 0 aliphatic carbocycles. The molecule has 0 atom stereocenters. The lowest BCUT2D eigenvalue weighted by molar-refractivity contribution is 0.0739. The Hall–Kier alpha value is -3.02. The van der Waals surface area contributed by atoms with Crippen molar-refractivity contribution in [1.82, 2.24) is 9.88 Å². The summed E-state index contributed by atoms with van der Waals surface area (Å²) in [5, 5.41) is 0. The number of nitrogens with zero attached hydrogens (tertiary/aromatic N) is 2. The van der Waals surface area contributed by atoms with E-state index in [0.29, 0.717) is 35.8 Å². The summed E-state index contributed by atoms with van der Waals surface area (Å²) in [6, 6.07) is 11.1. The Morgan fingerprint density at radius 3 is 2.85 bits per heavy atom. The summed E-state index contributed by atoms with van der Waals surface area (Å²) in [6.45, 7) is 5.25. The minimum Gasteiger partial charge on any atom is -0.497 e. The maximum Gasteiger partial charge on any atom is 0.254 e. The molecule has 4 rings (SSSR count). The number of furan rings is 1. The van der Waals surface area contributed by atoms with Crippen molar-refractivity contribution >= 4 is 22.8 Å². The van der Waals surface area contributed by atoms with E-state index in [9.17, 15) is 4.79 Å². The molecule has 1 amide bonds. The van der Waals surface area contributed by atoms with Crippen molar-refractivity contribution in [2.45, 2.75) is 25.8 Å². The molecule has 3 heterocycles. The monoisotopic (exact) mass is 351 g/mol. The molecule has 6 heteroatoms. The highest BCUT2D eigenvalue weighted by Gasteiger charge is 2.35. The summed E-state index contributed by atoms with van der Waals surface area (Å²) in [7, 11) is 1.60. The van der Waals surface area contributed by atoms with Crippen LogP contribution in [0.3, 0.4) is 0 Å². The Bertz CT molecular complexity index is 1010. The number of ether oxygens (including phenoxy) is 1. The largest absolute Gasteiger partial charge is 0.497 e. The third-order valence-electron chi connectivity index (χ3n) is 4.84. The second-order valence-electron chi connectivity index (χ2n) is 7.30. The van der Waals surface area contributed by atoms with E-state index < -0.39 is 0 Å². The van der Waals surface area contributed by atoms with Gasteiger partial charge in [-0.1, -0.05) is 19.9 Å². The maximum absolute atomic E-state index is 12.8. The van der Waals surface area contributed by atoms with E-state index in [2.05, 4.69) is 18.8 Å². The second-order valence-corrected chi connectivity index (χ2v) is 7.30. The number of methoxy groups -OCH3 is 1. The lowest BCUT2D eigenvalue weighted by atomic mass is 9.89. The average Bonchev–Trinajstić information content (AvgIpc) is 3.16. The van der Waals surface area contributed by atoms with Crippen molar-refractivity contribution in [2.24, 2.45) is 0 Å². The van der Waals surface area contributed by atoms with Crippen molar-refractivity contribution in [3.05, 3.63) is 53.3 Å². The fraction of sp³-hybridized carbons (Fsp3) is 0.300. The van der Waals surface area contributed by atoms with Gasteiger partial charge in [0, 0.05) is 30.1 Å². The van der Waals surface area contributed by atoms with Crippen LogP contribution in [0.2, 0.25) is 0 Å². The van der Waals surface area contributed by atoms with Crippen molar-refractivity contribution < 1.29 is 13.9 Å². The molecule has 1 aromatic carbocycles. The van der Waals surface area contributed by atoms with E-state index >= 15 is 0 Å². The molecular weight excluding hydrogens is 330 g/mol. The highest BCUT2D eigenvalue weighted by molar-refractivity contribution is 5.98. The zero-order valence-electron chi connectivity index (χ0n) is 15.1. The smallest absolute Gasteiger partial charge is 0.254 e. The fourth-order valence-corrected chi connectivity index (χ4v) is 3.42. The number of anilines is 1. The number of amides is 1. The van der Waals surface area contributed by atoms with Gasteiger partial charge >= 0.3 is 0 Å². The lowest BCUT2D eigenvalue weighted by Gasteiger charge is -2.28. The lowest BCUT2D eigenvalue weighted by Crippen LogP contribution is -2.37.